The van der Waals surface area contributed by atoms with Crippen LogP contribution in [0.5, 0.6) is 0 Å². The lowest BCUT2D eigenvalue weighted by molar-refractivity contribution is -0.131. The number of hydrogen-bond acceptors (Lipinski definition) is 2. The Labute approximate surface area is 102 Å². The van der Waals surface area contributed by atoms with Crippen LogP contribution in [-0.2, 0) is 4.79 Å². The first-order valence-corrected chi connectivity index (χ1v) is 6.52. The highest BCUT2D eigenvalue weighted by Crippen LogP contribution is 2.32. The van der Waals surface area contributed by atoms with Crippen molar-refractivity contribution < 1.29 is 4.79 Å². The largest absolute Gasteiger partial charge is 0.339 e. The first-order chi connectivity index (χ1) is 8.22. The van der Waals surface area contributed by atoms with Crippen LogP contribution in [0, 0.1) is 11.8 Å². The Balaban J connectivity index is 1.96. The van der Waals surface area contributed by atoms with Gasteiger partial charge in [0.25, 0.3) is 0 Å². The number of carbonyl (C=O) groups is 1. The van der Waals surface area contributed by atoms with Gasteiger partial charge in [0.15, 0.2) is 0 Å². The number of nitrogens with zero attached hydrogens (tertiary/aromatic N) is 4. The van der Waals surface area contributed by atoms with Crippen molar-refractivity contribution in [3.63, 3.8) is 0 Å². The second kappa shape index (κ2) is 5.41. The van der Waals surface area contributed by atoms with Gasteiger partial charge in [-0.3, -0.25) is 4.79 Å². The van der Waals surface area contributed by atoms with E-state index in [1.807, 2.05) is 4.90 Å². The average Bonchev–Trinajstić information content (AvgIpc) is 2.68. The first kappa shape index (κ1) is 12.2. The third-order valence-electron chi connectivity index (χ3n) is 4.11. The van der Waals surface area contributed by atoms with E-state index in [1.165, 1.54) is 19.3 Å². The van der Waals surface area contributed by atoms with E-state index in [1.54, 1.807) is 0 Å². The van der Waals surface area contributed by atoms with E-state index >= 15 is 0 Å². The van der Waals surface area contributed by atoms with E-state index < -0.39 is 0 Å². The molecule has 0 N–H and O–H groups in total. The minimum Gasteiger partial charge on any atom is -0.339 e. The fraction of sp³-hybridized carbons (Fsp3) is 0.917. The maximum Gasteiger partial charge on any atom is 0.223 e. The fourth-order valence-corrected chi connectivity index (χ4v) is 3.16. The third-order valence-corrected chi connectivity index (χ3v) is 4.11. The van der Waals surface area contributed by atoms with Gasteiger partial charge in [0.1, 0.15) is 0 Å². The maximum atomic E-state index is 12.0. The molecule has 1 saturated carbocycles. The highest BCUT2D eigenvalue weighted by molar-refractivity contribution is 5.79. The van der Waals surface area contributed by atoms with Crippen LogP contribution in [0.2, 0.25) is 0 Å². The standard InChI is InChI=1S/C12H20N4O/c1-9-4-2-3-5-11(9)16-8-10(6-12(16)17)7-14-15-13/h9-11H,2-8H2,1H3. The molecule has 0 aromatic rings. The number of likely N-dealkylation sites (tertiary alicyclic amines) is 1. The van der Waals surface area contributed by atoms with Crippen LogP contribution in [-0.4, -0.2) is 29.9 Å². The molecule has 2 aliphatic rings. The number of carbonyl (C=O) groups excluding carboxylic acids is 1. The summed E-state index contributed by atoms with van der Waals surface area (Å²) < 4.78 is 0. The summed E-state index contributed by atoms with van der Waals surface area (Å²) in [5.74, 6) is 1.10. The second-order valence-corrected chi connectivity index (χ2v) is 5.36. The molecular formula is C12H20N4O. The Morgan fingerprint density at radius 2 is 2.24 bits per heavy atom. The molecule has 17 heavy (non-hydrogen) atoms. The lowest BCUT2D eigenvalue weighted by atomic mass is 9.85. The van der Waals surface area contributed by atoms with Crippen LogP contribution < -0.4 is 0 Å². The van der Waals surface area contributed by atoms with Crippen molar-refractivity contribution in [1.29, 1.82) is 0 Å². The average molecular weight is 236 g/mol. The molecule has 1 aliphatic heterocycles. The molecule has 2 rings (SSSR count). The molecule has 1 aliphatic carbocycles. The van der Waals surface area contributed by atoms with Gasteiger partial charge >= 0.3 is 0 Å². The van der Waals surface area contributed by atoms with Crippen molar-refractivity contribution >= 4 is 5.91 Å². The zero-order chi connectivity index (χ0) is 12.3. The molecule has 0 radical (unpaired) electrons. The SMILES string of the molecule is CC1CCCCC1N1CC(CN=[N+]=[N-])CC1=O. The number of hydrogen-bond donors (Lipinski definition) is 0. The molecule has 1 saturated heterocycles. The molecule has 0 bridgehead atoms. The zero-order valence-electron chi connectivity index (χ0n) is 10.4. The van der Waals surface area contributed by atoms with Gasteiger partial charge in [-0.25, -0.2) is 0 Å². The van der Waals surface area contributed by atoms with Crippen LogP contribution in [0.25, 0.3) is 10.4 Å². The van der Waals surface area contributed by atoms with Crippen molar-refractivity contribution in [2.75, 3.05) is 13.1 Å². The third kappa shape index (κ3) is 2.72. The van der Waals surface area contributed by atoms with Crippen LogP contribution in [0.4, 0.5) is 0 Å². The van der Waals surface area contributed by atoms with E-state index in [0.29, 0.717) is 24.9 Å². The first-order valence-electron chi connectivity index (χ1n) is 6.52. The van der Waals surface area contributed by atoms with Gasteiger partial charge in [-0.1, -0.05) is 24.9 Å². The number of amides is 1. The Hall–Kier alpha value is -1.22. The zero-order valence-corrected chi connectivity index (χ0v) is 10.4. The Kier molecular flexibility index (Phi) is 3.89. The molecule has 0 aromatic carbocycles. The molecule has 0 aromatic heterocycles. The molecular weight excluding hydrogens is 216 g/mol. The number of azide groups is 1. The maximum absolute atomic E-state index is 12.0. The molecule has 1 heterocycles. The van der Waals surface area contributed by atoms with Crippen LogP contribution in [0.3, 0.4) is 0 Å². The summed E-state index contributed by atoms with van der Waals surface area (Å²) in [6, 6.07) is 0.423. The Morgan fingerprint density at radius 1 is 1.47 bits per heavy atom. The van der Waals surface area contributed by atoms with Gasteiger partial charge in [0, 0.05) is 30.5 Å². The van der Waals surface area contributed by atoms with Crippen molar-refractivity contribution in [3.05, 3.63) is 10.4 Å². The summed E-state index contributed by atoms with van der Waals surface area (Å²) in [5.41, 5.74) is 8.31. The van der Waals surface area contributed by atoms with Gasteiger partial charge in [0.2, 0.25) is 5.91 Å². The highest BCUT2D eigenvalue weighted by atomic mass is 16.2. The van der Waals surface area contributed by atoms with Crippen molar-refractivity contribution in [3.8, 4) is 0 Å². The lowest BCUT2D eigenvalue weighted by Crippen LogP contribution is -2.42. The fourth-order valence-electron chi connectivity index (χ4n) is 3.16. The summed E-state index contributed by atoms with van der Waals surface area (Å²) >= 11 is 0. The molecule has 94 valence electrons. The summed E-state index contributed by atoms with van der Waals surface area (Å²) in [6.45, 7) is 3.49. The van der Waals surface area contributed by atoms with Crippen molar-refractivity contribution in [2.24, 2.45) is 17.0 Å². The van der Waals surface area contributed by atoms with Crippen molar-refractivity contribution in [2.45, 2.75) is 45.1 Å². The molecule has 5 heteroatoms. The van der Waals surface area contributed by atoms with Gasteiger partial charge in [-0.05, 0) is 30.2 Å². The summed E-state index contributed by atoms with van der Waals surface area (Å²) in [4.78, 5) is 16.8. The summed E-state index contributed by atoms with van der Waals surface area (Å²) in [7, 11) is 0. The van der Waals surface area contributed by atoms with E-state index in [2.05, 4.69) is 16.9 Å². The van der Waals surface area contributed by atoms with Gasteiger partial charge in [-0.15, -0.1) is 0 Å². The normalized spacial score (nSPS) is 33.6. The van der Waals surface area contributed by atoms with Crippen LogP contribution >= 0.6 is 0 Å². The quantitative estimate of drug-likeness (QED) is 0.422. The predicted octanol–water partition coefficient (Wildman–Crippen LogP) is 2.72. The molecule has 3 atom stereocenters. The molecule has 0 spiro atoms. The van der Waals surface area contributed by atoms with Crippen LogP contribution in [0.1, 0.15) is 39.0 Å². The van der Waals surface area contributed by atoms with E-state index in [9.17, 15) is 4.79 Å². The minimum absolute atomic E-state index is 0.229. The monoisotopic (exact) mass is 236 g/mol. The summed E-state index contributed by atoms with van der Waals surface area (Å²) in [5, 5.41) is 3.59. The van der Waals surface area contributed by atoms with Crippen LogP contribution in [0.15, 0.2) is 5.11 Å². The van der Waals surface area contributed by atoms with Gasteiger partial charge in [0.05, 0.1) is 0 Å². The lowest BCUT2D eigenvalue weighted by Gasteiger charge is -2.36. The Bertz CT molecular complexity index is 337. The Morgan fingerprint density at radius 3 is 2.94 bits per heavy atom. The highest BCUT2D eigenvalue weighted by Gasteiger charge is 2.36. The molecule has 2 fully saturated rings. The molecule has 1 amide bonds. The predicted molar refractivity (Wildman–Crippen MR) is 65.3 cm³/mol. The second-order valence-electron chi connectivity index (χ2n) is 5.36. The molecule has 5 nitrogen and oxygen atoms in total. The van der Waals surface area contributed by atoms with E-state index in [0.717, 1.165) is 13.0 Å². The topological polar surface area (TPSA) is 69.1 Å². The van der Waals surface area contributed by atoms with Gasteiger partial charge < -0.3 is 4.90 Å². The molecule has 3 unspecified atom stereocenters. The van der Waals surface area contributed by atoms with Gasteiger partial charge in [-0.2, -0.15) is 0 Å². The van der Waals surface area contributed by atoms with E-state index in [-0.39, 0.29) is 11.8 Å². The minimum atomic E-state index is 0.229. The summed E-state index contributed by atoms with van der Waals surface area (Å²) in [6.07, 6.45) is 5.46. The smallest absolute Gasteiger partial charge is 0.223 e. The van der Waals surface area contributed by atoms with Crippen molar-refractivity contribution in [1.82, 2.24) is 4.90 Å². The number of rotatable bonds is 3. The van der Waals surface area contributed by atoms with E-state index in [4.69, 9.17) is 5.53 Å².